The van der Waals surface area contributed by atoms with Crippen molar-refractivity contribution in [3.8, 4) is 0 Å². The lowest BCUT2D eigenvalue weighted by Crippen LogP contribution is -2.63. The first kappa shape index (κ1) is 25.8. The number of rotatable bonds is 7. The summed E-state index contributed by atoms with van der Waals surface area (Å²) in [5.74, 6) is -0.120. The minimum absolute atomic E-state index is 0.0307. The zero-order valence-electron chi connectivity index (χ0n) is 19.8. The van der Waals surface area contributed by atoms with Crippen molar-refractivity contribution < 1.29 is 28.2 Å². The molecule has 2 aliphatic rings. The Bertz CT molecular complexity index is 1240. The molecule has 1 saturated carbocycles. The van der Waals surface area contributed by atoms with E-state index < -0.39 is 23.4 Å². The molecule has 4 N–H and O–H groups in total. The number of nitrogens with zero attached hydrogens (tertiary/aromatic N) is 4. The maximum Gasteiger partial charge on any atom is 0.416 e. The first-order valence-electron chi connectivity index (χ1n) is 12.0. The van der Waals surface area contributed by atoms with Crippen LogP contribution in [-0.2, 0) is 11.0 Å². The van der Waals surface area contributed by atoms with Gasteiger partial charge in [0.25, 0.3) is 0 Å². The van der Waals surface area contributed by atoms with E-state index >= 15 is 0 Å². The molecule has 0 bridgehead atoms. The summed E-state index contributed by atoms with van der Waals surface area (Å²) < 4.78 is 39.3. The molecule has 1 saturated heterocycles. The number of hydrogen-bond donors (Lipinski definition) is 4. The number of halogens is 3. The van der Waals surface area contributed by atoms with Crippen LogP contribution in [0.2, 0.25) is 0 Å². The molecule has 9 nitrogen and oxygen atoms in total. The molecule has 0 spiro atoms. The number of thiazole rings is 1. The van der Waals surface area contributed by atoms with Crippen molar-refractivity contribution in [1.29, 1.82) is 0 Å². The number of carbonyl (C=O) groups is 1. The Morgan fingerprint density at radius 2 is 2.00 bits per heavy atom. The molecule has 1 unspecified atom stereocenters. The van der Waals surface area contributed by atoms with Gasteiger partial charge in [-0.15, -0.1) is 11.3 Å². The van der Waals surface area contributed by atoms with Gasteiger partial charge in [0.05, 0.1) is 39.7 Å². The molecule has 1 aliphatic heterocycles. The quantitative estimate of drug-likeness (QED) is 0.364. The molecule has 1 aromatic carbocycles. The van der Waals surface area contributed by atoms with Crippen molar-refractivity contribution in [3.05, 3.63) is 46.7 Å². The third-order valence-electron chi connectivity index (χ3n) is 7.22. The van der Waals surface area contributed by atoms with E-state index in [2.05, 4.69) is 30.5 Å². The number of aromatic nitrogens is 3. The van der Waals surface area contributed by atoms with E-state index in [-0.39, 0.29) is 35.7 Å². The van der Waals surface area contributed by atoms with Gasteiger partial charge in [-0.2, -0.15) is 13.2 Å². The Morgan fingerprint density at radius 3 is 2.68 bits per heavy atom. The summed E-state index contributed by atoms with van der Waals surface area (Å²) in [5.41, 5.74) is 0.0199. The predicted octanol–water partition coefficient (Wildman–Crippen LogP) is 2.72. The summed E-state index contributed by atoms with van der Waals surface area (Å²) in [6.45, 7) is 1.22. The van der Waals surface area contributed by atoms with E-state index in [0.29, 0.717) is 36.3 Å². The van der Waals surface area contributed by atoms with Crippen molar-refractivity contribution >= 4 is 34.0 Å². The lowest BCUT2D eigenvalue weighted by Gasteiger charge is -2.48. The molecule has 13 heteroatoms. The highest BCUT2D eigenvalue weighted by molar-refractivity contribution is 7.09. The lowest BCUT2D eigenvalue weighted by molar-refractivity contribution is -0.137. The maximum absolute atomic E-state index is 13.1. The normalized spacial score (nSPS) is 24.0. The van der Waals surface area contributed by atoms with Gasteiger partial charge < -0.3 is 20.8 Å². The van der Waals surface area contributed by atoms with Crippen LogP contribution in [0, 0.1) is 0 Å². The molecule has 5 rings (SSSR count). The van der Waals surface area contributed by atoms with Crippen LogP contribution in [0.25, 0.3) is 10.9 Å². The number of anilines is 1. The molecule has 198 valence electrons. The first-order valence-corrected chi connectivity index (χ1v) is 12.9. The monoisotopic (exact) mass is 536 g/mol. The molecule has 1 atom stereocenters. The number of fused-ring (bicyclic) bond motifs is 1. The number of hydrogen-bond acceptors (Lipinski definition) is 9. The summed E-state index contributed by atoms with van der Waals surface area (Å²) in [6.07, 6.45) is -0.152. The molecular formula is C24H27F3N6O3S. The highest BCUT2D eigenvalue weighted by Gasteiger charge is 2.44. The van der Waals surface area contributed by atoms with Gasteiger partial charge in [0.1, 0.15) is 18.2 Å². The molecule has 3 aromatic rings. The summed E-state index contributed by atoms with van der Waals surface area (Å²) in [4.78, 5) is 27.4. The molecule has 1 amide bonds. The third-order valence-corrected chi connectivity index (χ3v) is 8.05. The Kier molecular flexibility index (Phi) is 7.05. The minimum atomic E-state index is -4.49. The number of nitrogens with one attached hydrogen (secondary N) is 2. The Labute approximate surface area is 214 Å². The number of benzene rings is 1. The largest absolute Gasteiger partial charge is 0.416 e. The van der Waals surface area contributed by atoms with E-state index in [4.69, 9.17) is 0 Å². The Morgan fingerprint density at radius 1 is 1.24 bits per heavy atom. The second kappa shape index (κ2) is 10.1. The number of likely N-dealkylation sites (tertiary alicyclic amines) is 1. The molecule has 1 aliphatic carbocycles. The third kappa shape index (κ3) is 5.54. The fourth-order valence-electron chi connectivity index (χ4n) is 5.09. The molecule has 37 heavy (non-hydrogen) atoms. The van der Waals surface area contributed by atoms with Crippen LogP contribution in [0.4, 0.5) is 19.0 Å². The molecule has 2 aromatic heterocycles. The Hall–Kier alpha value is -2.87. The molecule has 0 radical (unpaired) electrons. The van der Waals surface area contributed by atoms with Crippen molar-refractivity contribution in [2.24, 2.45) is 0 Å². The van der Waals surface area contributed by atoms with E-state index in [0.717, 1.165) is 25.0 Å². The second-order valence-corrected chi connectivity index (χ2v) is 10.6. The van der Waals surface area contributed by atoms with Gasteiger partial charge >= 0.3 is 6.18 Å². The van der Waals surface area contributed by atoms with Crippen LogP contribution in [0.5, 0.6) is 0 Å². The van der Waals surface area contributed by atoms with Crippen LogP contribution in [0.3, 0.4) is 0 Å². The van der Waals surface area contributed by atoms with E-state index in [1.807, 2.05) is 0 Å². The maximum atomic E-state index is 13.1. The lowest BCUT2D eigenvalue weighted by atomic mass is 9.77. The highest BCUT2D eigenvalue weighted by Crippen LogP contribution is 2.41. The molecule has 2 fully saturated rings. The Balaban J connectivity index is 1.08. The number of aliphatic hydroxyl groups excluding tert-OH is 1. The minimum Gasteiger partial charge on any atom is -0.387 e. The smallest absolute Gasteiger partial charge is 0.387 e. The fourth-order valence-corrected chi connectivity index (χ4v) is 5.80. The van der Waals surface area contributed by atoms with Crippen LogP contribution in [0.15, 0.2) is 36.2 Å². The van der Waals surface area contributed by atoms with Gasteiger partial charge in [-0.25, -0.2) is 9.97 Å². The van der Waals surface area contributed by atoms with Crippen LogP contribution < -0.4 is 10.6 Å². The van der Waals surface area contributed by atoms with Crippen molar-refractivity contribution in [3.63, 3.8) is 0 Å². The van der Waals surface area contributed by atoms with Crippen molar-refractivity contribution in [2.45, 2.75) is 55.6 Å². The summed E-state index contributed by atoms with van der Waals surface area (Å²) >= 11 is 1.33. The number of carbonyl (C=O) groups excluding carboxylic acids is 1. The van der Waals surface area contributed by atoms with Gasteiger partial charge in [-0.05, 0) is 43.9 Å². The van der Waals surface area contributed by atoms with Crippen LogP contribution in [-0.4, -0.2) is 73.3 Å². The van der Waals surface area contributed by atoms with E-state index in [9.17, 15) is 28.2 Å². The zero-order chi connectivity index (χ0) is 26.2. The fraction of sp³-hybridized carbons (Fsp3) is 0.500. The summed E-state index contributed by atoms with van der Waals surface area (Å²) in [5, 5.41) is 27.4. The van der Waals surface area contributed by atoms with Crippen molar-refractivity contribution in [2.75, 3.05) is 25.0 Å². The van der Waals surface area contributed by atoms with E-state index in [1.165, 1.54) is 23.7 Å². The first-order chi connectivity index (χ1) is 17.6. The predicted molar refractivity (Wildman–Crippen MR) is 131 cm³/mol. The second-order valence-electron chi connectivity index (χ2n) is 9.66. The van der Waals surface area contributed by atoms with Gasteiger partial charge in [0.15, 0.2) is 0 Å². The average molecular weight is 537 g/mol. The molecule has 3 heterocycles. The van der Waals surface area contributed by atoms with Crippen LogP contribution >= 0.6 is 11.3 Å². The number of alkyl halides is 3. The SMILES string of the molecule is O=C(CNc1ncnc2ccc(C(F)(F)F)cc12)NC1CN(C2CCC(O)(C(O)c3cncs3)CC2)C1. The topological polar surface area (TPSA) is 124 Å². The van der Waals surface area contributed by atoms with Gasteiger partial charge in [-0.3, -0.25) is 14.7 Å². The molecular weight excluding hydrogens is 509 g/mol. The van der Waals surface area contributed by atoms with Gasteiger partial charge in [0.2, 0.25) is 5.91 Å². The van der Waals surface area contributed by atoms with Crippen molar-refractivity contribution in [1.82, 2.24) is 25.2 Å². The van der Waals surface area contributed by atoms with E-state index in [1.54, 1.807) is 11.7 Å². The standard InChI is InChI=1S/C24H27F3N6O3S/c25-24(26,27)14-1-2-18-17(7-14)22(31-12-30-18)29-9-20(34)32-15-10-33(11-15)16-3-5-23(36,6-4-16)21(35)19-8-28-13-37-19/h1-2,7-8,12-13,15-16,21,35-36H,3-6,9-11H2,(H,32,34)(H,29,30,31). The van der Waals surface area contributed by atoms with Crippen LogP contribution in [0.1, 0.15) is 42.2 Å². The van der Waals surface area contributed by atoms with Gasteiger partial charge in [-0.1, -0.05) is 0 Å². The highest BCUT2D eigenvalue weighted by atomic mass is 32.1. The van der Waals surface area contributed by atoms with Gasteiger partial charge in [0, 0.05) is 30.7 Å². The average Bonchev–Trinajstić information content (AvgIpc) is 3.39. The zero-order valence-corrected chi connectivity index (χ0v) is 20.6. The summed E-state index contributed by atoms with van der Waals surface area (Å²) in [7, 11) is 0. The number of aliphatic hydroxyl groups is 2. The summed E-state index contributed by atoms with van der Waals surface area (Å²) in [6, 6.07) is 3.46. The number of amides is 1.